The number of rotatable bonds is 7. The first-order valence-corrected chi connectivity index (χ1v) is 7.24. The highest BCUT2D eigenvalue weighted by molar-refractivity contribution is 5.02. The second-order valence-electron chi connectivity index (χ2n) is 5.18. The highest BCUT2D eigenvalue weighted by Gasteiger charge is 2.13. The van der Waals surface area contributed by atoms with Crippen molar-refractivity contribution in [2.45, 2.75) is 57.6 Å². The first-order valence-electron chi connectivity index (χ1n) is 7.24. The van der Waals surface area contributed by atoms with Crippen LogP contribution in [0.15, 0.2) is 22.8 Å². The van der Waals surface area contributed by atoms with Gasteiger partial charge in [-0.05, 0) is 44.9 Å². The summed E-state index contributed by atoms with van der Waals surface area (Å²) in [6.45, 7) is 3.98. The van der Waals surface area contributed by atoms with Gasteiger partial charge >= 0.3 is 0 Å². The molecule has 1 aromatic rings. The fraction of sp³-hybridized carbons (Fsp3) is 0.733. The summed E-state index contributed by atoms with van der Waals surface area (Å²) in [5.41, 5.74) is 0. The van der Waals surface area contributed by atoms with E-state index in [4.69, 9.17) is 9.15 Å². The van der Waals surface area contributed by atoms with E-state index in [2.05, 4.69) is 12.2 Å². The lowest BCUT2D eigenvalue weighted by atomic mass is 9.98. The summed E-state index contributed by atoms with van der Waals surface area (Å²) in [7, 11) is 0. The minimum Gasteiger partial charge on any atom is -0.468 e. The first-order chi connectivity index (χ1) is 8.86. The summed E-state index contributed by atoms with van der Waals surface area (Å²) in [5.74, 6) is 1.00. The quantitative estimate of drug-likeness (QED) is 0.751. The molecule has 1 unspecified atom stereocenters. The fourth-order valence-corrected chi connectivity index (χ4v) is 2.51. The van der Waals surface area contributed by atoms with Gasteiger partial charge in [0.2, 0.25) is 0 Å². The van der Waals surface area contributed by atoms with Crippen LogP contribution in [0.3, 0.4) is 0 Å². The van der Waals surface area contributed by atoms with Gasteiger partial charge in [-0.3, -0.25) is 0 Å². The van der Waals surface area contributed by atoms with Crippen LogP contribution >= 0.6 is 0 Å². The lowest BCUT2D eigenvalue weighted by Gasteiger charge is -2.22. The third kappa shape index (κ3) is 4.46. The van der Waals surface area contributed by atoms with Gasteiger partial charge in [-0.25, -0.2) is 0 Å². The summed E-state index contributed by atoms with van der Waals surface area (Å²) in [6, 6.07) is 4.23. The van der Waals surface area contributed by atoms with Crippen LogP contribution in [0, 0.1) is 0 Å². The number of hydrogen-bond acceptors (Lipinski definition) is 3. The molecule has 1 aromatic heterocycles. The average molecular weight is 251 g/mol. The molecule has 1 fully saturated rings. The number of furan rings is 1. The Balaban J connectivity index is 1.50. The molecule has 0 amide bonds. The Bertz CT molecular complexity index is 304. The Labute approximate surface area is 110 Å². The molecule has 3 nitrogen and oxygen atoms in total. The summed E-state index contributed by atoms with van der Waals surface area (Å²) < 4.78 is 11.2. The summed E-state index contributed by atoms with van der Waals surface area (Å²) in [6.07, 6.45) is 9.92. The molecule has 0 saturated heterocycles. The van der Waals surface area contributed by atoms with E-state index in [-0.39, 0.29) is 6.04 Å². The molecule has 1 heterocycles. The van der Waals surface area contributed by atoms with Crippen molar-refractivity contribution < 1.29 is 9.15 Å². The molecule has 1 aliphatic rings. The number of hydrogen-bond donors (Lipinski definition) is 1. The van der Waals surface area contributed by atoms with Crippen LogP contribution in [0.2, 0.25) is 0 Å². The van der Waals surface area contributed by atoms with E-state index in [9.17, 15) is 0 Å². The average Bonchev–Trinajstić information content (AvgIpc) is 2.93. The van der Waals surface area contributed by atoms with Crippen LogP contribution in [0.4, 0.5) is 0 Å². The summed E-state index contributed by atoms with van der Waals surface area (Å²) in [5, 5.41) is 3.45. The van der Waals surface area contributed by atoms with Crippen LogP contribution in [-0.2, 0) is 4.74 Å². The lowest BCUT2D eigenvalue weighted by Crippen LogP contribution is -2.22. The van der Waals surface area contributed by atoms with Crippen molar-refractivity contribution in [2.24, 2.45) is 0 Å². The molecule has 2 rings (SSSR count). The zero-order valence-electron chi connectivity index (χ0n) is 11.4. The molecule has 102 valence electrons. The Kier molecular flexibility index (Phi) is 5.75. The van der Waals surface area contributed by atoms with Gasteiger partial charge in [-0.15, -0.1) is 0 Å². The van der Waals surface area contributed by atoms with Crippen molar-refractivity contribution in [2.75, 3.05) is 13.2 Å². The highest BCUT2D eigenvalue weighted by Crippen LogP contribution is 2.20. The maximum absolute atomic E-state index is 5.89. The predicted molar refractivity (Wildman–Crippen MR) is 72.6 cm³/mol. The molecule has 1 N–H and O–H groups in total. The molecule has 1 atom stereocenters. The summed E-state index contributed by atoms with van der Waals surface area (Å²) in [4.78, 5) is 0. The molecule has 0 bridgehead atoms. The molecular weight excluding hydrogens is 226 g/mol. The van der Waals surface area contributed by atoms with Crippen molar-refractivity contribution in [3.8, 4) is 0 Å². The van der Waals surface area contributed by atoms with E-state index in [1.54, 1.807) is 6.26 Å². The molecule has 0 aliphatic heterocycles. The zero-order valence-corrected chi connectivity index (χ0v) is 11.4. The van der Waals surface area contributed by atoms with Gasteiger partial charge < -0.3 is 14.5 Å². The normalized spacial score (nSPS) is 18.9. The topological polar surface area (TPSA) is 34.4 Å². The molecule has 0 spiro atoms. The van der Waals surface area contributed by atoms with Gasteiger partial charge in [0.15, 0.2) is 0 Å². The van der Waals surface area contributed by atoms with Gasteiger partial charge in [-0.2, -0.15) is 0 Å². The Hall–Kier alpha value is -0.800. The van der Waals surface area contributed by atoms with E-state index < -0.39 is 0 Å². The van der Waals surface area contributed by atoms with Crippen LogP contribution < -0.4 is 5.32 Å². The lowest BCUT2D eigenvalue weighted by molar-refractivity contribution is 0.0271. The minimum absolute atomic E-state index is 0.287. The van der Waals surface area contributed by atoms with Crippen molar-refractivity contribution in [3.63, 3.8) is 0 Å². The maximum Gasteiger partial charge on any atom is 0.120 e. The predicted octanol–water partition coefficient (Wildman–Crippen LogP) is 3.67. The number of nitrogens with one attached hydrogen (secondary N) is 1. The Morgan fingerprint density at radius 1 is 1.39 bits per heavy atom. The third-order valence-electron chi connectivity index (χ3n) is 3.65. The molecule has 0 aromatic carbocycles. The molecule has 3 heteroatoms. The Morgan fingerprint density at radius 3 is 2.94 bits per heavy atom. The zero-order chi connectivity index (χ0) is 12.6. The Morgan fingerprint density at radius 2 is 2.22 bits per heavy atom. The van der Waals surface area contributed by atoms with E-state index in [0.717, 1.165) is 25.3 Å². The number of ether oxygens (including phenoxy) is 1. The van der Waals surface area contributed by atoms with Crippen LogP contribution in [0.1, 0.15) is 57.3 Å². The molecule has 1 saturated carbocycles. The van der Waals surface area contributed by atoms with E-state index in [1.807, 2.05) is 12.1 Å². The van der Waals surface area contributed by atoms with Gasteiger partial charge in [0.25, 0.3) is 0 Å². The second-order valence-corrected chi connectivity index (χ2v) is 5.18. The van der Waals surface area contributed by atoms with Crippen LogP contribution in [0.25, 0.3) is 0 Å². The van der Waals surface area contributed by atoms with Gasteiger partial charge in [0.1, 0.15) is 5.76 Å². The van der Waals surface area contributed by atoms with Crippen molar-refractivity contribution >= 4 is 0 Å². The molecular formula is C15H25NO2. The second kappa shape index (κ2) is 7.59. The van der Waals surface area contributed by atoms with E-state index in [1.165, 1.54) is 32.1 Å². The maximum atomic E-state index is 5.89. The van der Waals surface area contributed by atoms with Crippen molar-refractivity contribution in [1.82, 2.24) is 5.32 Å². The SMILES string of the molecule is CC(NCCCOC1CCCCC1)c1ccco1. The molecule has 1 aliphatic carbocycles. The first kappa shape index (κ1) is 13.6. The van der Waals surface area contributed by atoms with Gasteiger partial charge in [0.05, 0.1) is 18.4 Å². The monoisotopic (exact) mass is 251 g/mol. The standard InChI is InChI=1S/C15H25NO2/c1-13(15-9-5-11-18-15)16-10-6-12-17-14-7-3-2-4-8-14/h5,9,11,13-14,16H,2-4,6-8,10,12H2,1H3. The van der Waals surface area contributed by atoms with E-state index >= 15 is 0 Å². The smallest absolute Gasteiger partial charge is 0.120 e. The van der Waals surface area contributed by atoms with Crippen molar-refractivity contribution in [3.05, 3.63) is 24.2 Å². The van der Waals surface area contributed by atoms with Crippen LogP contribution in [0.5, 0.6) is 0 Å². The molecule has 18 heavy (non-hydrogen) atoms. The van der Waals surface area contributed by atoms with Crippen molar-refractivity contribution in [1.29, 1.82) is 0 Å². The van der Waals surface area contributed by atoms with Crippen LogP contribution in [-0.4, -0.2) is 19.3 Å². The summed E-state index contributed by atoms with van der Waals surface area (Å²) >= 11 is 0. The van der Waals surface area contributed by atoms with E-state index in [0.29, 0.717) is 6.10 Å². The van der Waals surface area contributed by atoms with Gasteiger partial charge in [-0.1, -0.05) is 19.3 Å². The minimum atomic E-state index is 0.287. The fourth-order valence-electron chi connectivity index (χ4n) is 2.51. The third-order valence-corrected chi connectivity index (χ3v) is 3.65. The largest absolute Gasteiger partial charge is 0.468 e. The van der Waals surface area contributed by atoms with Gasteiger partial charge in [0, 0.05) is 6.61 Å². The molecule has 0 radical (unpaired) electrons. The highest BCUT2D eigenvalue weighted by atomic mass is 16.5.